The number of aromatic amines is 1. The molecule has 1 fully saturated rings. The van der Waals surface area contributed by atoms with E-state index in [9.17, 15) is 9.18 Å². The van der Waals surface area contributed by atoms with Crippen LogP contribution in [-0.2, 0) is 4.74 Å². The highest BCUT2D eigenvalue weighted by atomic mass is 19.1. The number of benzene rings is 1. The van der Waals surface area contributed by atoms with Crippen LogP contribution in [0.1, 0.15) is 27.8 Å². The zero-order valence-electron chi connectivity index (χ0n) is 11.5. The van der Waals surface area contributed by atoms with Crippen molar-refractivity contribution in [3.05, 3.63) is 47.3 Å². The van der Waals surface area contributed by atoms with Crippen molar-refractivity contribution < 1.29 is 13.9 Å². The second kappa shape index (κ2) is 5.91. The summed E-state index contributed by atoms with van der Waals surface area (Å²) in [4.78, 5) is 18.1. The van der Waals surface area contributed by atoms with E-state index in [1.165, 1.54) is 23.4 Å². The summed E-state index contributed by atoms with van der Waals surface area (Å²) in [6.07, 6.45) is 0.944. The fraction of sp³-hybridized carbons (Fsp3) is 0.286. The first-order chi connectivity index (χ1) is 10.7. The van der Waals surface area contributed by atoms with Crippen LogP contribution in [0, 0.1) is 17.1 Å². The number of rotatable bonds is 2. The molecular formula is C14H12FN5O2. The first-order valence-corrected chi connectivity index (χ1v) is 6.65. The number of halogens is 1. The molecule has 0 aliphatic carbocycles. The van der Waals surface area contributed by atoms with Gasteiger partial charge in [-0.1, -0.05) is 6.07 Å². The molecule has 22 heavy (non-hydrogen) atoms. The van der Waals surface area contributed by atoms with Gasteiger partial charge in [0.2, 0.25) is 0 Å². The quantitative estimate of drug-likeness (QED) is 0.894. The fourth-order valence-electron chi connectivity index (χ4n) is 2.36. The Morgan fingerprint density at radius 3 is 3.14 bits per heavy atom. The average Bonchev–Trinajstić information content (AvgIpc) is 3.08. The Morgan fingerprint density at radius 1 is 1.55 bits per heavy atom. The third kappa shape index (κ3) is 2.54. The molecule has 1 amide bonds. The van der Waals surface area contributed by atoms with Gasteiger partial charge in [0.15, 0.2) is 5.82 Å². The van der Waals surface area contributed by atoms with Gasteiger partial charge in [0.25, 0.3) is 5.91 Å². The van der Waals surface area contributed by atoms with Gasteiger partial charge in [-0.25, -0.2) is 9.37 Å². The Hall–Kier alpha value is -2.79. The molecule has 112 valence electrons. The van der Waals surface area contributed by atoms with Gasteiger partial charge in [-0.2, -0.15) is 10.4 Å². The number of ether oxygens (including phenoxy) is 1. The van der Waals surface area contributed by atoms with Crippen molar-refractivity contribution in [2.75, 3.05) is 19.7 Å². The number of aromatic nitrogens is 3. The molecule has 1 aliphatic rings. The van der Waals surface area contributed by atoms with Crippen LogP contribution in [0.4, 0.5) is 4.39 Å². The van der Waals surface area contributed by atoms with Crippen LogP contribution in [0.3, 0.4) is 0 Å². The van der Waals surface area contributed by atoms with E-state index in [4.69, 9.17) is 10.00 Å². The van der Waals surface area contributed by atoms with Crippen LogP contribution in [0.2, 0.25) is 0 Å². The summed E-state index contributed by atoms with van der Waals surface area (Å²) in [7, 11) is 0. The van der Waals surface area contributed by atoms with Crippen molar-refractivity contribution in [3.63, 3.8) is 0 Å². The van der Waals surface area contributed by atoms with Gasteiger partial charge >= 0.3 is 0 Å². The van der Waals surface area contributed by atoms with Crippen molar-refractivity contribution in [2.45, 2.75) is 6.10 Å². The summed E-state index contributed by atoms with van der Waals surface area (Å²) in [5.74, 6) is -0.575. The lowest BCUT2D eigenvalue weighted by atomic mass is 10.1. The summed E-state index contributed by atoms with van der Waals surface area (Å²) in [6, 6.07) is 5.76. The molecule has 1 N–H and O–H groups in total. The van der Waals surface area contributed by atoms with Crippen molar-refractivity contribution in [1.82, 2.24) is 20.1 Å². The molecule has 8 heteroatoms. The molecule has 0 radical (unpaired) electrons. The number of H-pyrrole nitrogens is 1. The number of hydrogen-bond acceptors (Lipinski definition) is 5. The molecule has 1 aliphatic heterocycles. The summed E-state index contributed by atoms with van der Waals surface area (Å²) in [5.41, 5.74) is -0.184. The Labute approximate surface area is 125 Å². The van der Waals surface area contributed by atoms with Gasteiger partial charge < -0.3 is 9.64 Å². The third-order valence-corrected chi connectivity index (χ3v) is 3.45. The first kappa shape index (κ1) is 14.2. The minimum Gasteiger partial charge on any atom is -0.367 e. The normalized spacial score (nSPS) is 18.0. The van der Waals surface area contributed by atoms with Crippen molar-refractivity contribution in [3.8, 4) is 6.07 Å². The number of amides is 1. The number of carbonyl (C=O) groups is 1. The highest BCUT2D eigenvalue weighted by molar-refractivity contribution is 5.96. The lowest BCUT2D eigenvalue weighted by molar-refractivity contribution is -0.0266. The second-order valence-corrected chi connectivity index (χ2v) is 4.76. The van der Waals surface area contributed by atoms with Gasteiger partial charge in [0.05, 0.1) is 18.7 Å². The van der Waals surface area contributed by atoms with E-state index < -0.39 is 17.8 Å². The maximum Gasteiger partial charge on any atom is 0.255 e. The number of nitrogens with zero attached hydrogens (tertiary/aromatic N) is 4. The Morgan fingerprint density at radius 2 is 2.41 bits per heavy atom. The molecule has 0 spiro atoms. The summed E-state index contributed by atoms with van der Waals surface area (Å²) in [5, 5.41) is 15.5. The molecule has 3 rings (SSSR count). The smallest absolute Gasteiger partial charge is 0.255 e. The molecule has 1 aromatic heterocycles. The number of morpholine rings is 1. The summed E-state index contributed by atoms with van der Waals surface area (Å²) in [6.45, 7) is 0.953. The molecule has 0 bridgehead atoms. The van der Waals surface area contributed by atoms with Crippen LogP contribution in [-0.4, -0.2) is 45.7 Å². The number of carbonyl (C=O) groups excluding carboxylic acids is 1. The SMILES string of the molecule is N#Cc1c(F)cccc1C(=O)N1CCOC(c2ncn[nH]2)C1. The zero-order chi connectivity index (χ0) is 15.5. The van der Waals surface area contributed by atoms with E-state index in [0.29, 0.717) is 19.0 Å². The molecule has 0 saturated carbocycles. The Balaban J connectivity index is 1.84. The van der Waals surface area contributed by atoms with Gasteiger partial charge in [-0.3, -0.25) is 9.89 Å². The lowest BCUT2D eigenvalue weighted by Gasteiger charge is -2.32. The zero-order valence-corrected chi connectivity index (χ0v) is 11.5. The van der Waals surface area contributed by atoms with E-state index in [1.54, 1.807) is 6.07 Å². The molecule has 1 aromatic carbocycles. The van der Waals surface area contributed by atoms with Crippen LogP contribution in [0.5, 0.6) is 0 Å². The van der Waals surface area contributed by atoms with Gasteiger partial charge in [-0.05, 0) is 12.1 Å². The standard InChI is InChI=1S/C14H12FN5O2/c15-11-3-1-2-9(10(11)6-16)14(21)20-4-5-22-12(7-20)13-17-8-18-19-13/h1-3,8,12H,4-5,7H2,(H,17,18,19). The van der Waals surface area contributed by atoms with Gasteiger partial charge in [0.1, 0.15) is 29.9 Å². The fourth-order valence-corrected chi connectivity index (χ4v) is 2.36. The first-order valence-electron chi connectivity index (χ1n) is 6.65. The average molecular weight is 301 g/mol. The van der Waals surface area contributed by atoms with Crippen molar-refractivity contribution in [2.24, 2.45) is 0 Å². The van der Waals surface area contributed by atoms with Crippen molar-refractivity contribution >= 4 is 5.91 Å². The van der Waals surface area contributed by atoms with Crippen molar-refractivity contribution in [1.29, 1.82) is 5.26 Å². The molecule has 1 atom stereocenters. The number of hydrogen-bond donors (Lipinski definition) is 1. The summed E-state index contributed by atoms with van der Waals surface area (Å²) < 4.78 is 19.2. The largest absolute Gasteiger partial charge is 0.367 e. The number of nitrogens with one attached hydrogen (secondary N) is 1. The molecular weight excluding hydrogens is 289 g/mol. The lowest BCUT2D eigenvalue weighted by Crippen LogP contribution is -2.42. The predicted octanol–water partition coefficient (Wildman–Crippen LogP) is 1.03. The highest BCUT2D eigenvalue weighted by Gasteiger charge is 2.29. The van der Waals surface area contributed by atoms with E-state index in [0.717, 1.165) is 6.07 Å². The van der Waals surface area contributed by atoms with Gasteiger partial charge in [0, 0.05) is 6.54 Å². The maximum absolute atomic E-state index is 13.6. The Kier molecular flexibility index (Phi) is 3.80. The van der Waals surface area contributed by atoms with E-state index >= 15 is 0 Å². The third-order valence-electron chi connectivity index (χ3n) is 3.45. The maximum atomic E-state index is 13.6. The highest BCUT2D eigenvalue weighted by Crippen LogP contribution is 2.22. The number of nitriles is 1. The minimum absolute atomic E-state index is 0.0562. The molecule has 7 nitrogen and oxygen atoms in total. The van der Waals surface area contributed by atoms with Crippen LogP contribution in [0.15, 0.2) is 24.5 Å². The molecule has 2 heterocycles. The summed E-state index contributed by atoms with van der Waals surface area (Å²) >= 11 is 0. The van der Waals surface area contributed by atoms with E-state index in [-0.39, 0.29) is 17.7 Å². The second-order valence-electron chi connectivity index (χ2n) is 4.76. The van der Waals surface area contributed by atoms with Crippen LogP contribution in [0.25, 0.3) is 0 Å². The van der Waals surface area contributed by atoms with Crippen LogP contribution >= 0.6 is 0 Å². The van der Waals surface area contributed by atoms with Gasteiger partial charge in [-0.15, -0.1) is 0 Å². The van der Waals surface area contributed by atoms with E-state index in [2.05, 4.69) is 15.2 Å². The topological polar surface area (TPSA) is 94.9 Å². The Bertz CT molecular complexity index is 725. The minimum atomic E-state index is -0.701. The molecule has 1 saturated heterocycles. The monoisotopic (exact) mass is 301 g/mol. The van der Waals surface area contributed by atoms with E-state index in [1.807, 2.05) is 0 Å². The van der Waals surface area contributed by atoms with Crippen LogP contribution < -0.4 is 0 Å². The molecule has 1 unspecified atom stereocenters. The predicted molar refractivity (Wildman–Crippen MR) is 72.1 cm³/mol. The molecule has 2 aromatic rings.